The number of aliphatic hydroxyl groups is 1. The number of hydrogen-bond acceptors (Lipinski definition) is 15. The number of carbonyl (C=O) groups is 4. The molecule has 17 nitrogen and oxygen atoms in total. The van der Waals surface area contributed by atoms with E-state index in [0.717, 1.165) is 141 Å². The van der Waals surface area contributed by atoms with Crippen LogP contribution in [0.15, 0.2) is 170 Å². The van der Waals surface area contributed by atoms with Gasteiger partial charge in [0.05, 0.1) is 26.4 Å². The molecule has 108 heavy (non-hydrogen) atoms. The normalized spacial score (nSPS) is 14.7. The summed E-state index contributed by atoms with van der Waals surface area (Å²) in [5.41, 5.74) is 0. The van der Waals surface area contributed by atoms with Gasteiger partial charge in [-0.1, -0.05) is 288 Å². The van der Waals surface area contributed by atoms with E-state index in [0.29, 0.717) is 38.5 Å². The second-order valence-corrected chi connectivity index (χ2v) is 29.9. The summed E-state index contributed by atoms with van der Waals surface area (Å²) in [5, 5.41) is 10.7. The first-order valence-electron chi connectivity index (χ1n) is 41.4. The van der Waals surface area contributed by atoms with E-state index in [4.69, 9.17) is 37.0 Å². The Labute approximate surface area is 654 Å². The van der Waals surface area contributed by atoms with Crippen molar-refractivity contribution in [3.8, 4) is 0 Å². The Morgan fingerprint density at radius 2 is 0.472 bits per heavy atom. The highest BCUT2D eigenvalue weighted by atomic mass is 31.2. The smallest absolute Gasteiger partial charge is 0.462 e. The molecular weight excluding hydrogens is 1400 g/mol. The van der Waals surface area contributed by atoms with Crippen LogP contribution in [0.4, 0.5) is 0 Å². The molecule has 0 bridgehead atoms. The van der Waals surface area contributed by atoms with Crippen LogP contribution in [0.2, 0.25) is 0 Å². The fraction of sp³-hybridized carbons (Fsp3) is 0.640. The quantitative estimate of drug-likeness (QED) is 0.0169. The summed E-state index contributed by atoms with van der Waals surface area (Å²) in [6, 6.07) is 0. The van der Waals surface area contributed by atoms with Crippen LogP contribution in [0.1, 0.15) is 310 Å². The fourth-order valence-electron chi connectivity index (χ4n) is 10.3. The molecule has 0 saturated carbocycles. The molecule has 0 aromatic heterocycles. The molecule has 0 aromatic rings. The van der Waals surface area contributed by atoms with Gasteiger partial charge in [0.15, 0.2) is 12.2 Å². The molecule has 3 N–H and O–H groups in total. The van der Waals surface area contributed by atoms with Crippen LogP contribution in [-0.4, -0.2) is 96.7 Å². The van der Waals surface area contributed by atoms with Gasteiger partial charge in [0.2, 0.25) is 0 Å². The van der Waals surface area contributed by atoms with Crippen molar-refractivity contribution in [2.45, 2.75) is 329 Å². The van der Waals surface area contributed by atoms with Gasteiger partial charge in [-0.05, 0) is 167 Å². The van der Waals surface area contributed by atoms with Gasteiger partial charge >= 0.3 is 39.5 Å². The zero-order valence-corrected chi connectivity index (χ0v) is 69.0. The summed E-state index contributed by atoms with van der Waals surface area (Å²) >= 11 is 0. The minimum Gasteiger partial charge on any atom is -0.462 e. The number of allylic oxidation sites excluding steroid dienone is 28. The number of rotatable bonds is 76. The third-order valence-electron chi connectivity index (χ3n) is 16.6. The van der Waals surface area contributed by atoms with Crippen molar-refractivity contribution < 1.29 is 80.2 Å². The van der Waals surface area contributed by atoms with Crippen molar-refractivity contribution in [3.63, 3.8) is 0 Å². The van der Waals surface area contributed by atoms with Gasteiger partial charge in [0, 0.05) is 25.7 Å². The highest BCUT2D eigenvalue weighted by molar-refractivity contribution is 7.47. The van der Waals surface area contributed by atoms with Gasteiger partial charge in [0.1, 0.15) is 19.3 Å². The molecule has 0 aliphatic rings. The molecule has 19 heteroatoms. The van der Waals surface area contributed by atoms with E-state index in [9.17, 15) is 43.2 Å². The van der Waals surface area contributed by atoms with Gasteiger partial charge in [-0.3, -0.25) is 37.3 Å². The Kier molecular flexibility index (Phi) is 75.4. The molecular formula is C89H146O17P2. The summed E-state index contributed by atoms with van der Waals surface area (Å²) in [7, 11) is -10.0. The molecule has 0 rings (SSSR count). The molecule has 0 saturated heterocycles. The summed E-state index contributed by atoms with van der Waals surface area (Å²) in [5.74, 6) is -2.41. The fourth-order valence-corrected chi connectivity index (χ4v) is 11.9. The highest BCUT2D eigenvalue weighted by Crippen LogP contribution is 2.45. The lowest BCUT2D eigenvalue weighted by Crippen LogP contribution is -2.30. The maximum Gasteiger partial charge on any atom is 0.472 e. The second kappa shape index (κ2) is 79.5. The third-order valence-corrected chi connectivity index (χ3v) is 18.6. The van der Waals surface area contributed by atoms with Gasteiger partial charge in [0.25, 0.3) is 0 Å². The van der Waals surface area contributed by atoms with E-state index < -0.39 is 97.5 Å². The number of esters is 4. The molecule has 0 aromatic carbocycles. The molecule has 0 radical (unpaired) electrons. The topological polar surface area (TPSA) is 237 Å². The van der Waals surface area contributed by atoms with Gasteiger partial charge < -0.3 is 33.8 Å². The number of ether oxygens (including phenoxy) is 4. The Hall–Kier alpha value is -5.58. The summed E-state index contributed by atoms with van der Waals surface area (Å²) in [4.78, 5) is 73.1. The first-order valence-corrected chi connectivity index (χ1v) is 44.4. The van der Waals surface area contributed by atoms with Crippen molar-refractivity contribution in [1.29, 1.82) is 0 Å². The number of unbranched alkanes of at least 4 members (excludes halogenated alkanes) is 22. The molecule has 0 fully saturated rings. The molecule has 0 aliphatic heterocycles. The lowest BCUT2D eigenvalue weighted by atomic mass is 10.1. The van der Waals surface area contributed by atoms with Crippen molar-refractivity contribution in [1.82, 2.24) is 0 Å². The largest absolute Gasteiger partial charge is 0.472 e. The van der Waals surface area contributed by atoms with Crippen LogP contribution >= 0.6 is 15.6 Å². The van der Waals surface area contributed by atoms with E-state index in [1.54, 1.807) is 0 Å². The van der Waals surface area contributed by atoms with Crippen LogP contribution in [-0.2, 0) is 65.4 Å². The molecule has 0 amide bonds. The standard InChI is InChI=1S/C89H146O17P2/c1-5-9-13-17-21-25-29-33-37-39-41-43-47-50-54-58-62-66-70-74-87(92)100-80-84(105-88(93)75-71-67-63-59-55-51-46-36-32-28-24-20-16-12-8-4)81-103-107(95,96)101-77-83(90)78-102-108(97,98)104-82-85(79-99-86(91)73-69-65-61-57-53-49-45-35-31-27-23-19-15-11-7-3)106-89(94)76-72-68-64-60-56-52-48-44-42-40-38-34-30-26-22-18-14-10-6-2/h21-28,33-38,41-46,50,52,54,56,62,64,66,68,83-85,90H,5-20,29-32,39-40,47-49,51,53,55,57-61,63,65,67,69-82H2,1-4H3,(H,95,96)(H,97,98)/b25-21-,26-22-,27-23-,28-24-,37-33-,38-34-,43-41-,44-42-,45-35-,46-36-,54-50-,56-52-,66-62-,68-64-/t83-,84-,85-/m1/s1. The SMILES string of the molecule is CCCCC/C=C\C/C=C\C/C=C\C/C=C\C/C=C\CCC(=O)OC[C@H](COP(=O)(O)OC[C@@H](O)COP(=O)(O)OC[C@@H](COC(=O)CCCCCCC/C=C\C/C=C\CCCCC)OC(=O)CC/C=C\C/C=C\C/C=C\C/C=C\C/C=C\CCCCC)OC(=O)CCCCCCC/C=C\C/C=C\CCCCC. The van der Waals surface area contributed by atoms with E-state index in [1.165, 1.54) is 77.0 Å². The number of phosphoric ester groups is 2. The van der Waals surface area contributed by atoms with E-state index >= 15 is 0 Å². The zero-order valence-electron chi connectivity index (χ0n) is 67.2. The van der Waals surface area contributed by atoms with Gasteiger partial charge in [-0.25, -0.2) is 9.13 Å². The maximum absolute atomic E-state index is 13.1. The Bertz CT molecular complexity index is 2710. The van der Waals surface area contributed by atoms with Crippen molar-refractivity contribution >= 4 is 39.5 Å². The minimum atomic E-state index is -5.02. The third kappa shape index (κ3) is 78.5. The summed E-state index contributed by atoms with van der Waals surface area (Å²) in [6.07, 6.45) is 94.9. The number of phosphoric acid groups is 2. The molecule has 0 heterocycles. The molecule has 614 valence electrons. The van der Waals surface area contributed by atoms with Crippen molar-refractivity contribution in [2.24, 2.45) is 0 Å². The first kappa shape index (κ1) is 102. The average Bonchev–Trinajstić information content (AvgIpc) is 0.914. The Morgan fingerprint density at radius 1 is 0.259 bits per heavy atom. The molecule has 5 atom stereocenters. The lowest BCUT2D eigenvalue weighted by molar-refractivity contribution is -0.161. The Balaban J connectivity index is 5.54. The second-order valence-electron chi connectivity index (χ2n) is 27.0. The van der Waals surface area contributed by atoms with Gasteiger partial charge in [-0.15, -0.1) is 0 Å². The van der Waals surface area contributed by atoms with Gasteiger partial charge in [-0.2, -0.15) is 0 Å². The van der Waals surface area contributed by atoms with Crippen LogP contribution in [0.25, 0.3) is 0 Å². The maximum atomic E-state index is 13.1. The molecule has 2 unspecified atom stereocenters. The number of hydrogen-bond donors (Lipinski definition) is 3. The predicted molar refractivity (Wildman–Crippen MR) is 445 cm³/mol. The number of carbonyl (C=O) groups excluding carboxylic acids is 4. The summed E-state index contributed by atoms with van der Waals surface area (Å²) < 4.78 is 68.5. The predicted octanol–water partition coefficient (Wildman–Crippen LogP) is 24.6. The van der Waals surface area contributed by atoms with Crippen LogP contribution < -0.4 is 0 Å². The van der Waals surface area contributed by atoms with Crippen molar-refractivity contribution in [3.05, 3.63) is 170 Å². The van der Waals surface area contributed by atoms with Crippen molar-refractivity contribution in [2.75, 3.05) is 39.6 Å². The monoisotopic (exact) mass is 1550 g/mol. The van der Waals surface area contributed by atoms with E-state index in [1.807, 2.05) is 36.5 Å². The van der Waals surface area contributed by atoms with Crippen LogP contribution in [0, 0.1) is 0 Å². The van der Waals surface area contributed by atoms with E-state index in [2.05, 4.69) is 161 Å². The first-order chi connectivity index (χ1) is 52.7. The highest BCUT2D eigenvalue weighted by Gasteiger charge is 2.30. The van der Waals surface area contributed by atoms with Crippen LogP contribution in [0.5, 0.6) is 0 Å². The zero-order chi connectivity index (χ0) is 78.9. The van der Waals surface area contributed by atoms with E-state index in [-0.39, 0.29) is 25.7 Å². The summed E-state index contributed by atoms with van der Waals surface area (Å²) in [6.45, 7) is 4.56. The minimum absolute atomic E-state index is 0.0276. The lowest BCUT2D eigenvalue weighted by Gasteiger charge is -2.21. The molecule has 0 spiro atoms. The van der Waals surface area contributed by atoms with Crippen LogP contribution in [0.3, 0.4) is 0 Å². The average molecular weight is 1550 g/mol. The Morgan fingerprint density at radius 3 is 0.769 bits per heavy atom. The molecule has 0 aliphatic carbocycles. The number of aliphatic hydroxyl groups excluding tert-OH is 1.